The van der Waals surface area contributed by atoms with Crippen LogP contribution in [-0.2, 0) is 16.1 Å². The van der Waals surface area contributed by atoms with E-state index in [0.29, 0.717) is 5.69 Å². The molecule has 9 nitrogen and oxygen atoms in total. The van der Waals surface area contributed by atoms with Gasteiger partial charge in [0.15, 0.2) is 5.84 Å². The van der Waals surface area contributed by atoms with Gasteiger partial charge in [-0.05, 0) is 43.3 Å². The Bertz CT molecular complexity index is 1220. The molecule has 0 saturated heterocycles. The summed E-state index contributed by atoms with van der Waals surface area (Å²) in [4.78, 5) is 25.8. The zero-order valence-corrected chi connectivity index (χ0v) is 18.2. The molecule has 0 aliphatic rings. The first-order chi connectivity index (χ1) is 16.3. The molecular weight excluding hydrogens is 448 g/mol. The van der Waals surface area contributed by atoms with Gasteiger partial charge in [0.25, 0.3) is 11.5 Å². The van der Waals surface area contributed by atoms with Crippen LogP contribution in [0, 0.1) is 11.6 Å². The molecule has 34 heavy (non-hydrogen) atoms. The number of rotatable bonds is 9. The first-order valence-corrected chi connectivity index (χ1v) is 10.2. The highest BCUT2D eigenvalue weighted by Gasteiger charge is 2.24. The summed E-state index contributed by atoms with van der Waals surface area (Å²) < 4.78 is 35.3. The van der Waals surface area contributed by atoms with E-state index in [4.69, 9.17) is 15.7 Å². The molecule has 0 saturated carbocycles. The number of nitrogens with one attached hydrogen (secondary N) is 2. The lowest BCUT2D eigenvalue weighted by Crippen LogP contribution is -2.39. The summed E-state index contributed by atoms with van der Waals surface area (Å²) in [7, 11) is 0. The zero-order valence-electron chi connectivity index (χ0n) is 18.2. The number of amidine groups is 1. The van der Waals surface area contributed by atoms with Gasteiger partial charge in [0.05, 0.1) is 0 Å². The molecule has 0 aliphatic heterocycles. The van der Waals surface area contributed by atoms with Gasteiger partial charge in [0, 0.05) is 36.2 Å². The predicted octanol–water partition coefficient (Wildman–Crippen LogP) is 2.82. The molecule has 2 aromatic carbocycles. The number of benzene rings is 2. The number of hydrogen-bond donors (Lipinski definition) is 4. The number of ether oxygens (including phenoxy) is 1. The molecule has 1 aromatic heterocycles. The van der Waals surface area contributed by atoms with Gasteiger partial charge >= 0.3 is 0 Å². The molecule has 0 radical (unpaired) electrons. The molecular formula is C23H23F2N5O4. The summed E-state index contributed by atoms with van der Waals surface area (Å²) in [6, 6.07) is 13.9. The largest absolute Gasteiger partial charge is 0.409 e. The fourth-order valence-corrected chi connectivity index (χ4v) is 3.15. The highest BCUT2D eigenvalue weighted by atomic mass is 19.1. The maximum atomic E-state index is 14.4. The van der Waals surface area contributed by atoms with Crippen molar-refractivity contribution < 1.29 is 23.5 Å². The average Bonchev–Trinajstić information content (AvgIpc) is 2.83. The van der Waals surface area contributed by atoms with Crippen molar-refractivity contribution in [3.05, 3.63) is 93.9 Å². The van der Waals surface area contributed by atoms with E-state index in [1.165, 1.54) is 6.20 Å². The van der Waals surface area contributed by atoms with E-state index < -0.39 is 47.3 Å². The Morgan fingerprint density at radius 1 is 1.18 bits per heavy atom. The zero-order chi connectivity index (χ0) is 24.7. The minimum Gasteiger partial charge on any atom is -0.409 e. The second kappa shape index (κ2) is 11.1. The smallest absolute Gasteiger partial charge is 0.276 e. The van der Waals surface area contributed by atoms with E-state index in [-0.39, 0.29) is 17.9 Å². The van der Waals surface area contributed by atoms with Gasteiger partial charge in [-0.3, -0.25) is 14.2 Å². The summed E-state index contributed by atoms with van der Waals surface area (Å²) in [5, 5.41) is 16.7. The van der Waals surface area contributed by atoms with E-state index in [9.17, 15) is 18.4 Å². The SMILES string of the molecule is CCO[C@@H](C(=O)NCc1c(F)cc(C(N)=NO)cc1F)n1cccc(Nc2ccccc2)c1=O. The molecule has 0 unspecified atom stereocenters. The maximum Gasteiger partial charge on any atom is 0.276 e. The molecule has 1 amide bonds. The van der Waals surface area contributed by atoms with E-state index in [1.807, 2.05) is 6.07 Å². The van der Waals surface area contributed by atoms with Crippen LogP contribution in [0.1, 0.15) is 24.3 Å². The number of aromatic nitrogens is 1. The van der Waals surface area contributed by atoms with Crippen LogP contribution in [0.3, 0.4) is 0 Å². The van der Waals surface area contributed by atoms with Crippen LogP contribution in [-0.4, -0.2) is 28.1 Å². The number of oxime groups is 1. The molecule has 1 atom stereocenters. The Morgan fingerprint density at radius 2 is 1.85 bits per heavy atom. The molecule has 0 bridgehead atoms. The van der Waals surface area contributed by atoms with Gasteiger partial charge in [-0.1, -0.05) is 23.4 Å². The van der Waals surface area contributed by atoms with E-state index in [0.717, 1.165) is 16.7 Å². The number of hydrogen-bond acceptors (Lipinski definition) is 6. The first-order valence-electron chi connectivity index (χ1n) is 10.2. The molecule has 178 valence electrons. The number of nitrogens with two attached hydrogens (primary N) is 1. The van der Waals surface area contributed by atoms with Gasteiger partial charge in [-0.25, -0.2) is 8.78 Å². The summed E-state index contributed by atoms with van der Waals surface area (Å²) in [5.74, 6) is -3.24. The van der Waals surface area contributed by atoms with Gasteiger partial charge in [0.2, 0.25) is 6.23 Å². The number of carbonyl (C=O) groups excluding carboxylic acids is 1. The fourth-order valence-electron chi connectivity index (χ4n) is 3.15. The van der Waals surface area contributed by atoms with Crippen molar-refractivity contribution >= 4 is 23.1 Å². The van der Waals surface area contributed by atoms with Gasteiger partial charge < -0.3 is 26.3 Å². The van der Waals surface area contributed by atoms with Crippen LogP contribution in [0.5, 0.6) is 0 Å². The van der Waals surface area contributed by atoms with E-state index in [1.54, 1.807) is 43.3 Å². The average molecular weight is 471 g/mol. The molecule has 1 heterocycles. The number of carbonyl (C=O) groups is 1. The summed E-state index contributed by atoms with van der Waals surface area (Å²) in [6.07, 6.45) is 0.00310. The summed E-state index contributed by atoms with van der Waals surface area (Å²) in [5.41, 5.74) is 5.12. The minimum atomic E-state index is -1.38. The van der Waals surface area contributed by atoms with Crippen molar-refractivity contribution in [3.63, 3.8) is 0 Å². The fraction of sp³-hybridized carbons (Fsp3) is 0.174. The lowest BCUT2D eigenvalue weighted by Gasteiger charge is -2.20. The topological polar surface area (TPSA) is 131 Å². The second-order valence-corrected chi connectivity index (χ2v) is 7.05. The number of pyridine rings is 1. The summed E-state index contributed by atoms with van der Waals surface area (Å²) >= 11 is 0. The number of halogens is 2. The highest BCUT2D eigenvalue weighted by Crippen LogP contribution is 2.17. The monoisotopic (exact) mass is 471 g/mol. The predicted molar refractivity (Wildman–Crippen MR) is 122 cm³/mol. The Morgan fingerprint density at radius 3 is 2.47 bits per heavy atom. The van der Waals surface area contributed by atoms with Gasteiger partial charge in [0.1, 0.15) is 17.3 Å². The van der Waals surface area contributed by atoms with Crippen molar-refractivity contribution in [1.82, 2.24) is 9.88 Å². The first kappa shape index (κ1) is 24.4. The highest BCUT2D eigenvalue weighted by molar-refractivity contribution is 5.97. The van der Waals surface area contributed by atoms with E-state index >= 15 is 0 Å². The quantitative estimate of drug-likeness (QED) is 0.164. The molecule has 0 spiro atoms. The number of anilines is 2. The number of amides is 1. The number of para-hydroxylation sites is 1. The minimum absolute atomic E-state index is 0.0953. The van der Waals surface area contributed by atoms with Crippen LogP contribution in [0.4, 0.5) is 20.2 Å². The van der Waals surface area contributed by atoms with E-state index in [2.05, 4.69) is 15.8 Å². The maximum absolute atomic E-state index is 14.4. The second-order valence-electron chi connectivity index (χ2n) is 7.05. The lowest BCUT2D eigenvalue weighted by atomic mass is 10.1. The third kappa shape index (κ3) is 5.56. The van der Waals surface area contributed by atoms with Crippen LogP contribution in [0.25, 0.3) is 0 Å². The normalized spacial score (nSPS) is 12.3. The molecule has 0 fully saturated rings. The lowest BCUT2D eigenvalue weighted by molar-refractivity contribution is -0.139. The van der Waals surface area contributed by atoms with Gasteiger partial charge in [-0.2, -0.15) is 0 Å². The summed E-state index contributed by atoms with van der Waals surface area (Å²) in [6.45, 7) is 1.22. The van der Waals surface area contributed by atoms with Crippen LogP contribution < -0.4 is 21.9 Å². The number of nitrogens with zero attached hydrogens (tertiary/aromatic N) is 2. The molecule has 0 aliphatic carbocycles. The standard InChI is InChI=1S/C23H23F2N5O4/c1-2-34-23(30-10-6-9-19(22(30)32)28-15-7-4-3-5-8-15)21(31)27-13-16-17(24)11-14(12-18(16)25)20(26)29-33/h3-12,23,28,33H,2,13H2,1H3,(H2,26,29)(H,27,31)/t23-/m0/s1. The van der Waals surface area contributed by atoms with Crippen LogP contribution in [0.15, 0.2) is 70.7 Å². The van der Waals surface area contributed by atoms with Crippen LogP contribution >= 0.6 is 0 Å². The third-order valence-electron chi connectivity index (χ3n) is 4.81. The Hall–Kier alpha value is -4.25. The van der Waals surface area contributed by atoms with Crippen LogP contribution in [0.2, 0.25) is 0 Å². The van der Waals surface area contributed by atoms with Crippen molar-refractivity contribution in [2.75, 3.05) is 11.9 Å². The third-order valence-corrected chi connectivity index (χ3v) is 4.81. The Kier molecular flexibility index (Phi) is 7.93. The molecule has 5 N–H and O–H groups in total. The molecule has 3 rings (SSSR count). The van der Waals surface area contributed by atoms with Crippen molar-refractivity contribution in [2.45, 2.75) is 19.7 Å². The van der Waals surface area contributed by atoms with Crippen molar-refractivity contribution in [1.29, 1.82) is 0 Å². The van der Waals surface area contributed by atoms with Gasteiger partial charge in [-0.15, -0.1) is 0 Å². The van der Waals surface area contributed by atoms with Crippen molar-refractivity contribution in [3.8, 4) is 0 Å². The Balaban J connectivity index is 1.82. The molecule has 3 aromatic rings. The Labute approximate surface area is 193 Å². The van der Waals surface area contributed by atoms with Crippen molar-refractivity contribution in [2.24, 2.45) is 10.9 Å². The molecule has 11 heteroatoms.